The number of Topliss-reactive ketones (excluding diaryl/α,β-unsaturated/α-hetero) is 1. The topological polar surface area (TPSA) is 17.1 Å². The van der Waals surface area contributed by atoms with E-state index in [0.29, 0.717) is 17.1 Å². The van der Waals surface area contributed by atoms with E-state index < -0.39 is 0 Å². The summed E-state index contributed by atoms with van der Waals surface area (Å²) in [6.45, 7) is 8.36. The molecule has 0 radical (unpaired) electrons. The summed E-state index contributed by atoms with van der Waals surface area (Å²) in [5.74, 6) is 0.904. The molecule has 1 heteroatoms. The second kappa shape index (κ2) is 6.98. The van der Waals surface area contributed by atoms with Gasteiger partial charge in [0.15, 0.2) is 0 Å². The summed E-state index contributed by atoms with van der Waals surface area (Å²) in [6.07, 6.45) is 12.0. The lowest BCUT2D eigenvalue weighted by Gasteiger charge is -2.33. The molecule has 98 valence electrons. The van der Waals surface area contributed by atoms with E-state index >= 15 is 0 Å². The number of rotatable bonds is 7. The van der Waals surface area contributed by atoms with E-state index in [4.69, 9.17) is 0 Å². The first-order valence-corrected chi connectivity index (χ1v) is 7.19. The minimum absolute atomic E-state index is 0.377. The number of carbonyl (C=O) groups is 1. The Morgan fingerprint density at radius 2 is 1.88 bits per heavy atom. The van der Waals surface area contributed by atoms with Crippen LogP contribution < -0.4 is 0 Å². The zero-order valence-electron chi connectivity index (χ0n) is 11.6. The Morgan fingerprint density at radius 3 is 2.47 bits per heavy atom. The number of carbonyl (C=O) groups excluding carboxylic acids is 1. The predicted octanol–water partition coefficient (Wildman–Crippen LogP) is 4.91. The lowest BCUT2D eigenvalue weighted by Crippen LogP contribution is -2.26. The maximum atomic E-state index is 12.0. The molecule has 0 atom stereocenters. The lowest BCUT2D eigenvalue weighted by molar-refractivity contribution is -0.124. The van der Waals surface area contributed by atoms with Crippen LogP contribution in [-0.2, 0) is 4.79 Å². The first-order valence-electron chi connectivity index (χ1n) is 7.19. The molecule has 1 rings (SSSR count). The molecule has 0 heterocycles. The Bertz CT molecular complexity index is 242. The molecule has 1 saturated carbocycles. The van der Waals surface area contributed by atoms with Crippen molar-refractivity contribution in [3.8, 4) is 0 Å². The molecule has 17 heavy (non-hydrogen) atoms. The van der Waals surface area contributed by atoms with E-state index in [1.54, 1.807) is 0 Å². The van der Waals surface area contributed by atoms with Crippen LogP contribution in [0.4, 0.5) is 0 Å². The van der Waals surface area contributed by atoms with Crippen molar-refractivity contribution in [3.63, 3.8) is 0 Å². The third-order valence-corrected chi connectivity index (χ3v) is 4.13. The highest BCUT2D eigenvalue weighted by atomic mass is 16.1. The third kappa shape index (κ3) is 5.52. The maximum absolute atomic E-state index is 12.0. The minimum Gasteiger partial charge on any atom is -0.299 e. The van der Waals surface area contributed by atoms with E-state index in [0.717, 1.165) is 32.1 Å². The number of hydrogen-bond acceptors (Lipinski definition) is 1. The van der Waals surface area contributed by atoms with E-state index in [2.05, 4.69) is 20.4 Å². The van der Waals surface area contributed by atoms with Crippen molar-refractivity contribution in [2.75, 3.05) is 0 Å². The molecule has 0 saturated heterocycles. The summed E-state index contributed by atoms with van der Waals surface area (Å²) in [6, 6.07) is 0. The summed E-state index contributed by atoms with van der Waals surface area (Å²) < 4.78 is 0. The van der Waals surface area contributed by atoms with Gasteiger partial charge in [-0.2, -0.15) is 0 Å². The van der Waals surface area contributed by atoms with Gasteiger partial charge in [-0.05, 0) is 50.4 Å². The number of unbranched alkanes of at least 4 members (excludes halogenated alkanes) is 3. The zero-order chi connectivity index (χ0) is 12.7. The second-order valence-corrected chi connectivity index (χ2v) is 6.29. The van der Waals surface area contributed by atoms with Crippen LogP contribution in [0, 0.1) is 11.3 Å². The van der Waals surface area contributed by atoms with Gasteiger partial charge in [0.2, 0.25) is 0 Å². The van der Waals surface area contributed by atoms with Crippen molar-refractivity contribution < 1.29 is 4.79 Å². The van der Waals surface area contributed by atoms with Gasteiger partial charge in [-0.3, -0.25) is 4.79 Å². The van der Waals surface area contributed by atoms with Crippen molar-refractivity contribution in [2.24, 2.45) is 11.3 Å². The Morgan fingerprint density at radius 1 is 1.24 bits per heavy atom. The van der Waals surface area contributed by atoms with Gasteiger partial charge >= 0.3 is 0 Å². The molecule has 1 aliphatic rings. The number of allylic oxidation sites excluding steroid dienone is 1. The maximum Gasteiger partial charge on any atom is 0.135 e. The summed E-state index contributed by atoms with van der Waals surface area (Å²) in [7, 11) is 0. The monoisotopic (exact) mass is 236 g/mol. The van der Waals surface area contributed by atoms with Crippen LogP contribution in [0.15, 0.2) is 12.7 Å². The van der Waals surface area contributed by atoms with Gasteiger partial charge in [0.1, 0.15) is 5.78 Å². The van der Waals surface area contributed by atoms with Gasteiger partial charge in [0.25, 0.3) is 0 Å². The van der Waals surface area contributed by atoms with Gasteiger partial charge in [-0.1, -0.05) is 26.3 Å². The zero-order valence-corrected chi connectivity index (χ0v) is 11.6. The van der Waals surface area contributed by atoms with Gasteiger partial charge < -0.3 is 0 Å². The second-order valence-electron chi connectivity index (χ2n) is 6.29. The molecule has 0 N–H and O–H groups in total. The molecule has 0 aromatic rings. The van der Waals surface area contributed by atoms with Crippen molar-refractivity contribution in [1.82, 2.24) is 0 Å². The molecule has 1 fully saturated rings. The quantitative estimate of drug-likeness (QED) is 0.453. The average molecular weight is 236 g/mol. The average Bonchev–Trinajstić information content (AvgIpc) is 2.28. The first kappa shape index (κ1) is 14.5. The Kier molecular flexibility index (Phi) is 5.94. The van der Waals surface area contributed by atoms with E-state index in [-0.39, 0.29) is 0 Å². The summed E-state index contributed by atoms with van der Waals surface area (Å²) in [4.78, 5) is 12.0. The molecule has 0 aromatic heterocycles. The standard InChI is InChI=1S/C16H28O/c1-4-5-6-7-8-9-15(17)14-10-12-16(2,3)13-11-14/h4,14H,1,5-13H2,2-3H3. The van der Waals surface area contributed by atoms with Crippen LogP contribution in [0.2, 0.25) is 0 Å². The largest absolute Gasteiger partial charge is 0.299 e. The highest BCUT2D eigenvalue weighted by molar-refractivity contribution is 5.81. The van der Waals surface area contributed by atoms with Gasteiger partial charge in [-0.15, -0.1) is 6.58 Å². The highest BCUT2D eigenvalue weighted by Gasteiger charge is 2.29. The molecule has 0 unspecified atom stereocenters. The van der Waals surface area contributed by atoms with Crippen molar-refractivity contribution in [3.05, 3.63) is 12.7 Å². The molecule has 0 aliphatic heterocycles. The Labute approximate surface area is 107 Å². The fraction of sp³-hybridized carbons (Fsp3) is 0.812. The molecule has 0 spiro atoms. The smallest absolute Gasteiger partial charge is 0.135 e. The molecular formula is C16H28O. The van der Waals surface area contributed by atoms with Crippen molar-refractivity contribution in [2.45, 2.75) is 71.6 Å². The van der Waals surface area contributed by atoms with E-state index in [9.17, 15) is 4.79 Å². The van der Waals surface area contributed by atoms with Crippen LogP contribution in [0.3, 0.4) is 0 Å². The normalized spacial score (nSPS) is 20.1. The molecule has 1 aliphatic carbocycles. The van der Waals surface area contributed by atoms with Crippen LogP contribution in [0.5, 0.6) is 0 Å². The molecule has 0 amide bonds. The summed E-state index contributed by atoms with van der Waals surface area (Å²) in [5, 5.41) is 0. The summed E-state index contributed by atoms with van der Waals surface area (Å²) in [5.41, 5.74) is 0.473. The SMILES string of the molecule is C=CCCCCCC(=O)C1CCC(C)(C)CC1. The van der Waals surface area contributed by atoms with Crippen molar-refractivity contribution in [1.29, 1.82) is 0 Å². The lowest BCUT2D eigenvalue weighted by atomic mass is 9.71. The van der Waals surface area contributed by atoms with Crippen LogP contribution in [0.25, 0.3) is 0 Å². The van der Waals surface area contributed by atoms with Gasteiger partial charge in [-0.25, -0.2) is 0 Å². The van der Waals surface area contributed by atoms with Crippen LogP contribution in [-0.4, -0.2) is 5.78 Å². The number of ketones is 1. The molecular weight excluding hydrogens is 208 g/mol. The molecule has 1 nitrogen and oxygen atoms in total. The van der Waals surface area contributed by atoms with Crippen LogP contribution >= 0.6 is 0 Å². The predicted molar refractivity (Wildman–Crippen MR) is 74.0 cm³/mol. The Balaban J connectivity index is 2.14. The fourth-order valence-corrected chi connectivity index (χ4v) is 2.69. The molecule has 0 bridgehead atoms. The summed E-state index contributed by atoms with van der Waals surface area (Å²) >= 11 is 0. The highest BCUT2D eigenvalue weighted by Crippen LogP contribution is 2.38. The van der Waals surface area contributed by atoms with Gasteiger partial charge in [0, 0.05) is 12.3 Å². The third-order valence-electron chi connectivity index (χ3n) is 4.13. The van der Waals surface area contributed by atoms with Crippen molar-refractivity contribution >= 4 is 5.78 Å². The first-order chi connectivity index (χ1) is 8.05. The van der Waals surface area contributed by atoms with E-state index in [1.165, 1.54) is 25.7 Å². The number of hydrogen-bond donors (Lipinski definition) is 0. The van der Waals surface area contributed by atoms with Crippen LogP contribution in [0.1, 0.15) is 71.6 Å². The van der Waals surface area contributed by atoms with Gasteiger partial charge in [0.05, 0.1) is 0 Å². The fourth-order valence-electron chi connectivity index (χ4n) is 2.69. The Hall–Kier alpha value is -0.590. The van der Waals surface area contributed by atoms with E-state index in [1.807, 2.05) is 6.08 Å². The minimum atomic E-state index is 0.377. The molecule has 0 aromatic carbocycles.